The van der Waals surface area contributed by atoms with Crippen LogP contribution in [0.2, 0.25) is 5.02 Å². The number of ether oxygens (including phenoxy) is 1. The number of hydrogen-bond donors (Lipinski definition) is 2. The highest BCUT2D eigenvalue weighted by Crippen LogP contribution is 2.32. The highest BCUT2D eigenvalue weighted by molar-refractivity contribution is 6.33. The van der Waals surface area contributed by atoms with Gasteiger partial charge in [0, 0.05) is 5.56 Å². The average molecular weight is 290 g/mol. The van der Waals surface area contributed by atoms with Crippen LogP contribution >= 0.6 is 11.6 Å². The molecule has 0 saturated heterocycles. The molecule has 20 heavy (non-hydrogen) atoms. The maximum Gasteiger partial charge on any atom is 0.272 e. The van der Waals surface area contributed by atoms with Gasteiger partial charge in [0.25, 0.3) is 5.91 Å². The van der Waals surface area contributed by atoms with Gasteiger partial charge in [-0.2, -0.15) is 0 Å². The van der Waals surface area contributed by atoms with Gasteiger partial charge in [0.2, 0.25) is 0 Å². The zero-order valence-corrected chi connectivity index (χ0v) is 11.2. The molecule has 3 rings (SSSR count). The molecule has 1 aromatic carbocycles. The number of para-hydroxylation sites is 1. The summed E-state index contributed by atoms with van der Waals surface area (Å²) in [6, 6.07) is 10.5. The molecule has 1 unspecified atom stereocenters. The maximum absolute atomic E-state index is 12.2. The fourth-order valence-electron chi connectivity index (χ4n) is 2.13. The highest BCUT2D eigenvalue weighted by Gasteiger charge is 2.26. The topological polar surface area (TPSA) is 77.2 Å². The van der Waals surface area contributed by atoms with Crippen molar-refractivity contribution in [1.29, 1.82) is 0 Å². The number of halogens is 1. The van der Waals surface area contributed by atoms with E-state index in [2.05, 4.69) is 10.3 Å². The van der Waals surface area contributed by atoms with Gasteiger partial charge in [0.05, 0.1) is 11.1 Å². The molecular formula is C14H12ClN3O2. The number of rotatable bonds is 2. The first-order valence-electron chi connectivity index (χ1n) is 6.10. The third kappa shape index (κ3) is 2.28. The lowest BCUT2D eigenvalue weighted by atomic mass is 10.1. The molecule has 6 heteroatoms. The van der Waals surface area contributed by atoms with E-state index < -0.39 is 0 Å². The second kappa shape index (κ2) is 5.02. The van der Waals surface area contributed by atoms with Crippen molar-refractivity contribution in [3.8, 4) is 5.75 Å². The Kier molecular flexibility index (Phi) is 3.20. The molecule has 2 heterocycles. The van der Waals surface area contributed by atoms with Gasteiger partial charge >= 0.3 is 0 Å². The Morgan fingerprint density at radius 1 is 1.35 bits per heavy atom. The van der Waals surface area contributed by atoms with E-state index >= 15 is 0 Å². The molecule has 1 aliphatic heterocycles. The zero-order chi connectivity index (χ0) is 14.1. The van der Waals surface area contributed by atoms with Crippen LogP contribution < -0.4 is 15.8 Å². The summed E-state index contributed by atoms with van der Waals surface area (Å²) in [7, 11) is 0. The lowest BCUT2D eigenvalue weighted by molar-refractivity contribution is 0.0925. The van der Waals surface area contributed by atoms with Crippen LogP contribution in [0.1, 0.15) is 22.1 Å². The lowest BCUT2D eigenvalue weighted by Crippen LogP contribution is -2.30. The molecule has 1 atom stereocenters. The summed E-state index contributed by atoms with van der Waals surface area (Å²) in [4.78, 5) is 16.2. The van der Waals surface area contributed by atoms with Crippen molar-refractivity contribution >= 4 is 23.3 Å². The average Bonchev–Trinajstić information content (AvgIpc) is 2.85. The predicted octanol–water partition coefficient (Wildman–Crippen LogP) is 2.18. The first kappa shape index (κ1) is 12.7. The normalized spacial score (nSPS) is 16.4. The fourth-order valence-corrected chi connectivity index (χ4v) is 2.32. The van der Waals surface area contributed by atoms with E-state index in [1.807, 2.05) is 24.3 Å². The van der Waals surface area contributed by atoms with E-state index in [1.165, 1.54) is 0 Å². The van der Waals surface area contributed by atoms with Crippen molar-refractivity contribution in [2.45, 2.75) is 6.04 Å². The number of nitrogens with two attached hydrogens (primary N) is 1. The van der Waals surface area contributed by atoms with Crippen LogP contribution in [0.25, 0.3) is 0 Å². The fraction of sp³-hybridized carbons (Fsp3) is 0.143. The standard InChI is InChI=1S/C14H12ClN3O2/c15-9-5-6-12(16)18-13(9)14(19)17-10-7-20-11-4-2-1-3-8(10)11/h1-6,10H,7H2,(H2,16,18)(H,17,19). The molecule has 102 valence electrons. The molecule has 5 nitrogen and oxygen atoms in total. The van der Waals surface area contributed by atoms with E-state index in [0.717, 1.165) is 11.3 Å². The summed E-state index contributed by atoms with van der Waals surface area (Å²) in [6.45, 7) is 0.394. The van der Waals surface area contributed by atoms with Crippen LogP contribution in [-0.4, -0.2) is 17.5 Å². The number of nitrogens with zero attached hydrogens (tertiary/aromatic N) is 1. The number of nitrogen functional groups attached to an aromatic ring is 1. The molecule has 0 saturated carbocycles. The minimum atomic E-state index is -0.368. The van der Waals surface area contributed by atoms with Crippen molar-refractivity contribution in [1.82, 2.24) is 10.3 Å². The van der Waals surface area contributed by atoms with Crippen LogP contribution in [0.4, 0.5) is 5.82 Å². The van der Waals surface area contributed by atoms with Gasteiger partial charge in [-0.3, -0.25) is 4.79 Å². The van der Waals surface area contributed by atoms with Crippen molar-refractivity contribution in [3.63, 3.8) is 0 Å². The van der Waals surface area contributed by atoms with E-state index in [9.17, 15) is 4.79 Å². The molecule has 0 aliphatic carbocycles. The lowest BCUT2D eigenvalue weighted by Gasteiger charge is -2.12. The molecule has 0 spiro atoms. The smallest absolute Gasteiger partial charge is 0.272 e. The Bertz CT molecular complexity index is 675. The molecule has 3 N–H and O–H groups in total. The molecule has 1 aliphatic rings. The number of aromatic nitrogens is 1. The first-order valence-corrected chi connectivity index (χ1v) is 6.47. The van der Waals surface area contributed by atoms with Gasteiger partial charge in [0.15, 0.2) is 0 Å². The maximum atomic E-state index is 12.2. The van der Waals surface area contributed by atoms with Crippen LogP contribution in [-0.2, 0) is 0 Å². The minimum absolute atomic E-state index is 0.121. The Balaban J connectivity index is 1.82. The first-order chi connectivity index (χ1) is 9.65. The van der Waals surface area contributed by atoms with E-state index in [1.54, 1.807) is 12.1 Å². The van der Waals surface area contributed by atoms with E-state index in [4.69, 9.17) is 22.1 Å². The van der Waals surface area contributed by atoms with E-state index in [0.29, 0.717) is 6.61 Å². The minimum Gasteiger partial charge on any atom is -0.491 e. The molecule has 1 amide bonds. The Morgan fingerprint density at radius 3 is 3.00 bits per heavy atom. The predicted molar refractivity (Wildman–Crippen MR) is 75.8 cm³/mol. The molecule has 0 bridgehead atoms. The number of pyridine rings is 1. The summed E-state index contributed by atoms with van der Waals surface area (Å²) < 4.78 is 5.51. The highest BCUT2D eigenvalue weighted by atomic mass is 35.5. The van der Waals surface area contributed by atoms with Gasteiger partial charge in [0.1, 0.15) is 23.9 Å². The molecule has 1 aromatic heterocycles. The molecule has 0 radical (unpaired) electrons. The third-order valence-electron chi connectivity index (χ3n) is 3.09. The largest absolute Gasteiger partial charge is 0.491 e. The zero-order valence-electron chi connectivity index (χ0n) is 10.5. The van der Waals surface area contributed by atoms with Crippen molar-refractivity contribution in [2.75, 3.05) is 12.3 Å². The number of carbonyl (C=O) groups excluding carboxylic acids is 1. The second-order valence-electron chi connectivity index (χ2n) is 4.44. The molecular weight excluding hydrogens is 278 g/mol. The number of amides is 1. The Morgan fingerprint density at radius 2 is 2.15 bits per heavy atom. The van der Waals surface area contributed by atoms with Gasteiger partial charge in [-0.05, 0) is 18.2 Å². The van der Waals surface area contributed by atoms with Gasteiger partial charge in [-0.25, -0.2) is 4.98 Å². The second-order valence-corrected chi connectivity index (χ2v) is 4.85. The Labute approximate surface area is 120 Å². The summed E-state index contributed by atoms with van der Waals surface area (Å²) in [5, 5.41) is 3.12. The summed E-state index contributed by atoms with van der Waals surface area (Å²) in [6.07, 6.45) is 0. The third-order valence-corrected chi connectivity index (χ3v) is 3.39. The van der Waals surface area contributed by atoms with Gasteiger partial charge < -0.3 is 15.8 Å². The summed E-state index contributed by atoms with van der Waals surface area (Å²) >= 11 is 5.97. The van der Waals surface area contributed by atoms with E-state index in [-0.39, 0.29) is 28.5 Å². The van der Waals surface area contributed by atoms with Crippen molar-refractivity contribution in [2.24, 2.45) is 0 Å². The van der Waals surface area contributed by atoms with Crippen LogP contribution in [0.3, 0.4) is 0 Å². The number of fused-ring (bicyclic) bond motifs is 1. The van der Waals surface area contributed by atoms with Crippen LogP contribution in [0, 0.1) is 0 Å². The van der Waals surface area contributed by atoms with Crippen LogP contribution in [0.5, 0.6) is 5.75 Å². The quantitative estimate of drug-likeness (QED) is 0.888. The number of hydrogen-bond acceptors (Lipinski definition) is 4. The summed E-state index contributed by atoms with van der Waals surface area (Å²) in [5.41, 5.74) is 6.64. The van der Waals surface area contributed by atoms with Gasteiger partial charge in [-0.1, -0.05) is 29.8 Å². The number of nitrogens with one attached hydrogen (secondary N) is 1. The van der Waals surface area contributed by atoms with Crippen LogP contribution in [0.15, 0.2) is 36.4 Å². The SMILES string of the molecule is Nc1ccc(Cl)c(C(=O)NC2COc3ccccc32)n1. The monoisotopic (exact) mass is 289 g/mol. The number of carbonyl (C=O) groups is 1. The molecule has 0 fully saturated rings. The Hall–Kier alpha value is -2.27. The van der Waals surface area contributed by atoms with Crippen molar-refractivity contribution in [3.05, 3.63) is 52.7 Å². The van der Waals surface area contributed by atoms with Gasteiger partial charge in [-0.15, -0.1) is 0 Å². The number of anilines is 1. The molecule has 2 aromatic rings. The summed E-state index contributed by atoms with van der Waals surface area (Å²) in [5.74, 6) is 0.666. The van der Waals surface area contributed by atoms with Crippen molar-refractivity contribution < 1.29 is 9.53 Å². The number of benzene rings is 1.